The zero-order chi connectivity index (χ0) is 34.2. The summed E-state index contributed by atoms with van der Waals surface area (Å²) in [5.74, 6) is -0.0630. The van der Waals surface area contributed by atoms with Crippen molar-refractivity contribution in [2.75, 3.05) is 30.4 Å². The number of nitrogens with zero attached hydrogens (tertiary/aromatic N) is 3. The summed E-state index contributed by atoms with van der Waals surface area (Å²) in [5, 5.41) is 36.7. The molecule has 0 aliphatic carbocycles. The average Bonchev–Trinajstić information content (AvgIpc) is 3.56. The minimum Gasteiger partial charge on any atom is -0.487 e. The SMILES string of the molecule is CC(O)N(C/C=C/C(=O)Nc1cc2c(Nc3ccc(OCc4cccc(F)c4)c(Cl)c3)c(C#N)cnc2cc1OC1CCOC1)[C@H](C)O. The molecule has 0 radical (unpaired) electrons. The van der Waals surface area contributed by atoms with Gasteiger partial charge in [0.2, 0.25) is 5.91 Å². The number of pyridine rings is 1. The highest BCUT2D eigenvalue weighted by Gasteiger charge is 2.22. The van der Waals surface area contributed by atoms with Crippen LogP contribution in [0.15, 0.2) is 72.9 Å². The Morgan fingerprint density at radius 1 is 1.21 bits per heavy atom. The fourth-order valence-corrected chi connectivity index (χ4v) is 5.36. The van der Waals surface area contributed by atoms with E-state index in [4.69, 9.17) is 25.8 Å². The van der Waals surface area contributed by atoms with Crippen molar-refractivity contribution in [1.82, 2.24) is 9.88 Å². The third-order valence-corrected chi connectivity index (χ3v) is 7.85. The van der Waals surface area contributed by atoms with Crippen LogP contribution in [-0.2, 0) is 16.1 Å². The van der Waals surface area contributed by atoms with Crippen LogP contribution >= 0.6 is 11.6 Å². The zero-order valence-corrected chi connectivity index (χ0v) is 27.1. The van der Waals surface area contributed by atoms with Crippen LogP contribution < -0.4 is 20.1 Å². The minimum absolute atomic E-state index is 0.123. The maximum absolute atomic E-state index is 13.6. The largest absolute Gasteiger partial charge is 0.487 e. The second kappa shape index (κ2) is 15.9. The molecule has 48 heavy (non-hydrogen) atoms. The maximum atomic E-state index is 13.6. The predicted molar refractivity (Wildman–Crippen MR) is 180 cm³/mol. The van der Waals surface area contributed by atoms with Crippen LogP contribution in [0.1, 0.15) is 31.4 Å². The number of aliphatic hydroxyl groups is 2. The highest BCUT2D eigenvalue weighted by atomic mass is 35.5. The minimum atomic E-state index is -0.918. The van der Waals surface area contributed by atoms with Crippen molar-refractivity contribution in [2.45, 2.75) is 45.4 Å². The molecular formula is C35H35ClFN5O6. The number of ether oxygens (including phenoxy) is 3. The predicted octanol–water partition coefficient (Wildman–Crippen LogP) is 5.86. The summed E-state index contributed by atoms with van der Waals surface area (Å²) in [7, 11) is 0. The number of nitrogens with one attached hydrogen (secondary N) is 2. The molecular weight excluding hydrogens is 641 g/mol. The monoisotopic (exact) mass is 675 g/mol. The van der Waals surface area contributed by atoms with Gasteiger partial charge in [0.05, 0.1) is 40.7 Å². The van der Waals surface area contributed by atoms with Crippen molar-refractivity contribution in [3.8, 4) is 17.6 Å². The number of aromatic nitrogens is 1. The molecule has 2 unspecified atom stereocenters. The van der Waals surface area contributed by atoms with Gasteiger partial charge < -0.3 is 35.1 Å². The summed E-state index contributed by atoms with van der Waals surface area (Å²) in [6.45, 7) is 4.25. The zero-order valence-electron chi connectivity index (χ0n) is 26.3. The second-order valence-corrected chi connectivity index (χ2v) is 11.6. The van der Waals surface area contributed by atoms with Gasteiger partial charge in [-0.15, -0.1) is 0 Å². The number of anilines is 3. The average molecular weight is 676 g/mol. The first-order valence-electron chi connectivity index (χ1n) is 15.3. The van der Waals surface area contributed by atoms with E-state index < -0.39 is 18.4 Å². The van der Waals surface area contributed by atoms with Crippen molar-refractivity contribution in [3.05, 3.63) is 94.9 Å². The number of hydrogen-bond donors (Lipinski definition) is 4. The molecule has 0 saturated carbocycles. The molecule has 1 aliphatic heterocycles. The van der Waals surface area contributed by atoms with Gasteiger partial charge >= 0.3 is 0 Å². The van der Waals surface area contributed by atoms with Gasteiger partial charge in [0.15, 0.2) is 0 Å². The molecule has 1 amide bonds. The second-order valence-electron chi connectivity index (χ2n) is 11.2. The Balaban J connectivity index is 1.43. The van der Waals surface area contributed by atoms with Crippen molar-refractivity contribution in [2.24, 2.45) is 0 Å². The number of amides is 1. The summed E-state index contributed by atoms with van der Waals surface area (Å²) >= 11 is 6.54. The first kappa shape index (κ1) is 34.6. The molecule has 0 bridgehead atoms. The summed E-state index contributed by atoms with van der Waals surface area (Å²) in [5.41, 5.74) is 2.73. The molecule has 250 valence electrons. The normalized spacial score (nSPS) is 15.8. The fraction of sp³-hybridized carbons (Fsp3) is 0.286. The molecule has 0 spiro atoms. The van der Waals surface area contributed by atoms with Crippen LogP contribution in [0.25, 0.3) is 10.9 Å². The Morgan fingerprint density at radius 2 is 2.02 bits per heavy atom. The molecule has 5 rings (SSSR count). The Hall–Kier alpha value is -4.77. The molecule has 1 aromatic heterocycles. The number of carbonyl (C=O) groups is 1. The van der Waals surface area contributed by atoms with E-state index in [1.807, 2.05) is 0 Å². The van der Waals surface area contributed by atoms with E-state index in [9.17, 15) is 24.7 Å². The third kappa shape index (κ3) is 8.77. The van der Waals surface area contributed by atoms with Crippen molar-refractivity contribution in [3.63, 3.8) is 0 Å². The first-order chi connectivity index (χ1) is 23.1. The number of halogens is 2. The van der Waals surface area contributed by atoms with E-state index in [2.05, 4.69) is 21.7 Å². The van der Waals surface area contributed by atoms with E-state index in [0.29, 0.717) is 69.7 Å². The first-order valence-corrected chi connectivity index (χ1v) is 15.6. The number of hydrogen-bond acceptors (Lipinski definition) is 10. The number of carbonyl (C=O) groups excluding carboxylic acids is 1. The molecule has 2 heterocycles. The lowest BCUT2D eigenvalue weighted by atomic mass is 10.1. The molecule has 1 saturated heterocycles. The molecule has 4 N–H and O–H groups in total. The summed E-state index contributed by atoms with van der Waals surface area (Å²) in [6.07, 6.45) is 2.89. The highest BCUT2D eigenvalue weighted by Crippen LogP contribution is 2.38. The van der Waals surface area contributed by atoms with Gasteiger partial charge in [-0.1, -0.05) is 29.8 Å². The lowest BCUT2D eigenvalue weighted by molar-refractivity contribution is -0.112. The van der Waals surface area contributed by atoms with E-state index >= 15 is 0 Å². The Labute approximate surface area is 282 Å². The molecule has 3 atom stereocenters. The van der Waals surface area contributed by atoms with Gasteiger partial charge in [-0.25, -0.2) is 9.29 Å². The number of aliphatic hydroxyl groups excluding tert-OH is 2. The number of rotatable bonds is 13. The topological polar surface area (TPSA) is 149 Å². The van der Waals surface area contributed by atoms with E-state index in [1.165, 1.54) is 49.2 Å². The number of benzene rings is 3. The van der Waals surface area contributed by atoms with Crippen molar-refractivity contribution < 1.29 is 33.6 Å². The van der Waals surface area contributed by atoms with Crippen molar-refractivity contribution in [1.29, 1.82) is 5.26 Å². The van der Waals surface area contributed by atoms with Crippen molar-refractivity contribution >= 4 is 45.5 Å². The van der Waals surface area contributed by atoms with Gasteiger partial charge in [-0.3, -0.25) is 9.78 Å². The number of fused-ring (bicyclic) bond motifs is 1. The molecule has 4 aromatic rings. The fourth-order valence-electron chi connectivity index (χ4n) is 5.12. The molecule has 3 aromatic carbocycles. The lowest BCUT2D eigenvalue weighted by Crippen LogP contribution is -2.40. The van der Waals surface area contributed by atoms with Gasteiger partial charge in [-0.2, -0.15) is 5.26 Å². The van der Waals surface area contributed by atoms with Crippen LogP contribution in [0, 0.1) is 17.1 Å². The maximum Gasteiger partial charge on any atom is 0.248 e. The molecule has 1 fully saturated rings. The van der Waals surface area contributed by atoms with Gasteiger partial charge in [0, 0.05) is 42.4 Å². The van der Waals surface area contributed by atoms with Crippen LogP contribution in [0.2, 0.25) is 5.02 Å². The summed E-state index contributed by atoms with van der Waals surface area (Å²) in [4.78, 5) is 18.9. The molecule has 1 aliphatic rings. The van der Waals surface area contributed by atoms with E-state index in [-0.39, 0.29) is 30.6 Å². The highest BCUT2D eigenvalue weighted by molar-refractivity contribution is 6.32. The molecule has 11 nitrogen and oxygen atoms in total. The standard InChI is InChI=1S/C35H35ClFN5O6/c1-21(43)42(22(2)44)11-4-7-34(45)41-31-15-28-30(16-33(31)48-27-10-12-46-20-27)39-18-24(17-38)35(28)40-26-8-9-32(29(36)14-26)47-19-23-5-3-6-25(37)13-23/h3-9,13-16,18,21-22,27,43-44H,10-12,19-20H2,1-2H3,(H,39,40)(H,41,45)/b7-4+/t21-,22?,27?/m0/s1. The van der Waals surface area contributed by atoms with Gasteiger partial charge in [0.1, 0.15) is 48.6 Å². The lowest BCUT2D eigenvalue weighted by Gasteiger charge is -2.26. The third-order valence-electron chi connectivity index (χ3n) is 7.56. The smallest absolute Gasteiger partial charge is 0.248 e. The Kier molecular flexibility index (Phi) is 11.4. The van der Waals surface area contributed by atoms with Gasteiger partial charge in [-0.05, 0) is 55.8 Å². The Bertz CT molecular complexity index is 1830. The quantitative estimate of drug-likeness (QED) is 0.100. The van der Waals surface area contributed by atoms with Crippen LogP contribution in [0.5, 0.6) is 11.5 Å². The van der Waals surface area contributed by atoms with E-state index in [1.54, 1.807) is 42.5 Å². The van der Waals surface area contributed by atoms with Crippen LogP contribution in [0.3, 0.4) is 0 Å². The summed E-state index contributed by atoms with van der Waals surface area (Å²) < 4.78 is 31.0. The van der Waals surface area contributed by atoms with Crippen LogP contribution in [-0.4, -0.2) is 64.3 Å². The number of nitriles is 1. The van der Waals surface area contributed by atoms with Gasteiger partial charge in [0.25, 0.3) is 0 Å². The summed E-state index contributed by atoms with van der Waals surface area (Å²) in [6, 6.07) is 16.7. The van der Waals surface area contributed by atoms with E-state index in [0.717, 1.165) is 0 Å². The molecule has 13 heteroatoms. The Morgan fingerprint density at radius 3 is 2.71 bits per heavy atom. The van der Waals surface area contributed by atoms with Crippen LogP contribution in [0.4, 0.5) is 21.5 Å².